The number of carbonyl (C=O) groups excluding carboxylic acids is 4. The minimum absolute atomic E-state index is 0.0998. The number of nitrogens with zero attached hydrogens (tertiary/aromatic N) is 2. The summed E-state index contributed by atoms with van der Waals surface area (Å²) >= 11 is 0. The molecule has 0 unspecified atom stereocenters. The summed E-state index contributed by atoms with van der Waals surface area (Å²) < 4.78 is 0. The van der Waals surface area contributed by atoms with Gasteiger partial charge in [0.25, 0.3) is 0 Å². The van der Waals surface area contributed by atoms with Crippen LogP contribution in [0.1, 0.15) is 61.3 Å². The average Bonchev–Trinajstić information content (AvgIpc) is 2.30. The van der Waals surface area contributed by atoms with E-state index in [1.807, 2.05) is 0 Å². The largest absolute Gasteiger partial charge is 0.285 e. The van der Waals surface area contributed by atoms with E-state index >= 15 is 0 Å². The van der Waals surface area contributed by atoms with Crippen LogP contribution in [0, 0.1) is 5.41 Å². The second kappa shape index (κ2) is 7.03. The number of imide groups is 2. The fourth-order valence-corrected chi connectivity index (χ4v) is 2.13. The van der Waals surface area contributed by atoms with Crippen LogP contribution in [0.2, 0.25) is 0 Å². The molecule has 0 saturated heterocycles. The van der Waals surface area contributed by atoms with Gasteiger partial charge in [0.1, 0.15) is 0 Å². The molecule has 22 heavy (non-hydrogen) atoms. The van der Waals surface area contributed by atoms with Crippen molar-refractivity contribution in [3.8, 4) is 0 Å². The Morgan fingerprint density at radius 2 is 1.23 bits per heavy atom. The maximum absolute atomic E-state index is 12.2. The van der Waals surface area contributed by atoms with E-state index in [1.165, 1.54) is 14.0 Å². The Kier molecular flexibility index (Phi) is 6.48. The SMILES string of the molecule is CC(=O)N(C(=O)CCC(=O)N(C)C(=O)C(C)(C)C)C(C)(C)C. The monoisotopic (exact) mass is 312 g/mol. The number of carbonyl (C=O) groups is 4. The molecule has 0 spiro atoms. The minimum atomic E-state index is -0.661. The molecule has 0 fully saturated rings. The standard InChI is InChI=1S/C16H28N2O4/c1-11(19)18(16(5,6)7)13(21)10-9-12(20)17(8)14(22)15(2,3)4/h9-10H2,1-8H3. The van der Waals surface area contributed by atoms with Crippen molar-refractivity contribution in [3.05, 3.63) is 0 Å². The van der Waals surface area contributed by atoms with Crippen LogP contribution >= 0.6 is 0 Å². The van der Waals surface area contributed by atoms with E-state index in [4.69, 9.17) is 0 Å². The summed E-state index contributed by atoms with van der Waals surface area (Å²) in [7, 11) is 1.41. The van der Waals surface area contributed by atoms with Crippen LogP contribution in [0.4, 0.5) is 0 Å². The van der Waals surface area contributed by atoms with Crippen molar-refractivity contribution in [2.45, 2.75) is 66.8 Å². The van der Waals surface area contributed by atoms with E-state index in [9.17, 15) is 19.2 Å². The maximum atomic E-state index is 12.2. The summed E-state index contributed by atoms with van der Waals surface area (Å²) in [5.41, 5.74) is -1.30. The van der Waals surface area contributed by atoms with Gasteiger partial charge in [-0.15, -0.1) is 0 Å². The molecule has 0 aromatic heterocycles. The lowest BCUT2D eigenvalue weighted by molar-refractivity contribution is -0.153. The van der Waals surface area contributed by atoms with E-state index in [1.54, 1.807) is 41.5 Å². The summed E-state index contributed by atoms with van der Waals surface area (Å²) in [6.07, 6.45) is -0.200. The summed E-state index contributed by atoms with van der Waals surface area (Å²) in [5, 5.41) is 0. The number of hydrogen-bond donors (Lipinski definition) is 0. The molecule has 0 aliphatic rings. The third-order valence-corrected chi connectivity index (χ3v) is 3.11. The first-order valence-corrected chi connectivity index (χ1v) is 7.34. The van der Waals surface area contributed by atoms with Gasteiger partial charge in [0.15, 0.2) is 0 Å². The van der Waals surface area contributed by atoms with Crippen molar-refractivity contribution >= 4 is 23.6 Å². The van der Waals surface area contributed by atoms with Gasteiger partial charge in [-0.2, -0.15) is 0 Å². The predicted octanol–water partition coefficient (Wildman–Crippen LogP) is 1.97. The highest BCUT2D eigenvalue weighted by Crippen LogP contribution is 2.18. The molecule has 6 heteroatoms. The molecular weight excluding hydrogens is 284 g/mol. The summed E-state index contributed by atoms with van der Waals surface area (Å²) in [4.78, 5) is 50.0. The first-order valence-electron chi connectivity index (χ1n) is 7.34. The molecule has 0 rings (SSSR count). The van der Waals surface area contributed by atoms with Gasteiger partial charge in [-0.25, -0.2) is 0 Å². The van der Waals surface area contributed by atoms with Crippen molar-refractivity contribution in [2.75, 3.05) is 7.05 Å². The first kappa shape index (κ1) is 20.3. The van der Waals surface area contributed by atoms with Crippen LogP contribution in [0.25, 0.3) is 0 Å². The molecule has 0 atom stereocenters. The molecule has 0 aromatic carbocycles. The molecule has 0 bridgehead atoms. The first-order chi connectivity index (χ1) is 9.69. The Hall–Kier alpha value is -1.72. The fraction of sp³-hybridized carbons (Fsp3) is 0.750. The van der Waals surface area contributed by atoms with Crippen LogP contribution in [0.5, 0.6) is 0 Å². The Bertz CT molecular complexity index is 470. The van der Waals surface area contributed by atoms with Crippen LogP contribution in [-0.2, 0) is 19.2 Å². The van der Waals surface area contributed by atoms with E-state index < -0.39 is 22.8 Å². The van der Waals surface area contributed by atoms with E-state index in [2.05, 4.69) is 0 Å². The van der Waals surface area contributed by atoms with Gasteiger partial charge in [0.05, 0.1) is 0 Å². The molecule has 0 heterocycles. The van der Waals surface area contributed by atoms with Gasteiger partial charge in [0, 0.05) is 37.8 Å². The van der Waals surface area contributed by atoms with E-state index in [0.29, 0.717) is 0 Å². The zero-order valence-corrected chi connectivity index (χ0v) is 14.9. The third kappa shape index (κ3) is 5.58. The summed E-state index contributed by atoms with van der Waals surface area (Å²) in [6, 6.07) is 0. The van der Waals surface area contributed by atoms with Crippen LogP contribution in [0.3, 0.4) is 0 Å². The second-order valence-corrected chi connectivity index (χ2v) is 7.43. The molecule has 0 radical (unpaired) electrons. The zero-order chi connectivity index (χ0) is 17.9. The number of hydrogen-bond acceptors (Lipinski definition) is 4. The lowest BCUT2D eigenvalue weighted by atomic mass is 9.95. The van der Waals surface area contributed by atoms with Crippen molar-refractivity contribution in [1.82, 2.24) is 9.80 Å². The quantitative estimate of drug-likeness (QED) is 0.798. The van der Waals surface area contributed by atoms with Crippen molar-refractivity contribution < 1.29 is 19.2 Å². The highest BCUT2D eigenvalue weighted by Gasteiger charge is 2.32. The molecule has 0 saturated carbocycles. The van der Waals surface area contributed by atoms with Crippen LogP contribution in [-0.4, -0.2) is 46.0 Å². The lowest BCUT2D eigenvalue weighted by Crippen LogP contribution is -2.48. The average molecular weight is 312 g/mol. The highest BCUT2D eigenvalue weighted by atomic mass is 16.2. The molecule has 6 nitrogen and oxygen atoms in total. The van der Waals surface area contributed by atoms with E-state index in [0.717, 1.165) is 9.80 Å². The summed E-state index contributed by atoms with van der Waals surface area (Å²) in [5.74, 6) is -1.50. The van der Waals surface area contributed by atoms with Crippen LogP contribution < -0.4 is 0 Å². The third-order valence-electron chi connectivity index (χ3n) is 3.11. The molecule has 0 N–H and O–H groups in total. The highest BCUT2D eigenvalue weighted by molar-refractivity contribution is 6.00. The fourth-order valence-electron chi connectivity index (χ4n) is 2.13. The molecule has 0 aliphatic carbocycles. The Morgan fingerprint density at radius 3 is 1.55 bits per heavy atom. The molecule has 0 aliphatic heterocycles. The van der Waals surface area contributed by atoms with Gasteiger partial charge in [0.2, 0.25) is 23.6 Å². The van der Waals surface area contributed by atoms with Gasteiger partial charge in [-0.3, -0.25) is 29.0 Å². The maximum Gasteiger partial charge on any atom is 0.234 e. The Morgan fingerprint density at radius 1 is 0.818 bits per heavy atom. The molecule has 4 amide bonds. The van der Waals surface area contributed by atoms with E-state index in [-0.39, 0.29) is 24.7 Å². The van der Waals surface area contributed by atoms with Gasteiger partial charge < -0.3 is 0 Å². The van der Waals surface area contributed by atoms with Gasteiger partial charge in [-0.1, -0.05) is 20.8 Å². The number of rotatable bonds is 3. The Balaban J connectivity index is 4.81. The predicted molar refractivity (Wildman–Crippen MR) is 83.7 cm³/mol. The Labute approximate surface area is 132 Å². The van der Waals surface area contributed by atoms with Crippen LogP contribution in [0.15, 0.2) is 0 Å². The minimum Gasteiger partial charge on any atom is -0.285 e. The lowest BCUT2D eigenvalue weighted by Gasteiger charge is -2.33. The van der Waals surface area contributed by atoms with Crippen molar-refractivity contribution in [1.29, 1.82) is 0 Å². The van der Waals surface area contributed by atoms with Gasteiger partial charge in [-0.05, 0) is 20.8 Å². The van der Waals surface area contributed by atoms with Gasteiger partial charge >= 0.3 is 0 Å². The van der Waals surface area contributed by atoms with Crippen molar-refractivity contribution in [2.24, 2.45) is 5.41 Å². The molecule has 126 valence electrons. The smallest absolute Gasteiger partial charge is 0.234 e. The normalized spacial score (nSPS) is 11.8. The van der Waals surface area contributed by atoms with Crippen molar-refractivity contribution in [3.63, 3.8) is 0 Å². The molecule has 0 aromatic rings. The topological polar surface area (TPSA) is 74.8 Å². The zero-order valence-electron chi connectivity index (χ0n) is 14.9. The molecular formula is C16H28N2O4. The summed E-state index contributed by atoms with van der Waals surface area (Å²) in [6.45, 7) is 11.8. The second-order valence-electron chi connectivity index (χ2n) is 7.43. The number of amides is 4.